The second kappa shape index (κ2) is 7.32. The predicted octanol–water partition coefficient (Wildman–Crippen LogP) is 3.67. The van der Waals surface area contributed by atoms with E-state index in [0.717, 1.165) is 18.6 Å². The maximum absolute atomic E-state index is 11.7. The van der Waals surface area contributed by atoms with E-state index in [2.05, 4.69) is 33.0 Å². The SMILES string of the molecule is CCCC(C)NC(=O)COc1ccc(C(C)(C)C)cc1. The lowest BCUT2D eigenvalue weighted by atomic mass is 9.87. The molecule has 0 aliphatic carbocycles. The molecular weight excluding hydrogens is 250 g/mol. The fraction of sp³-hybridized carbons (Fsp3) is 0.588. The maximum Gasteiger partial charge on any atom is 0.258 e. The van der Waals surface area contributed by atoms with Gasteiger partial charge in [-0.05, 0) is 36.5 Å². The van der Waals surface area contributed by atoms with Crippen molar-refractivity contribution >= 4 is 5.91 Å². The van der Waals surface area contributed by atoms with E-state index in [1.54, 1.807) is 0 Å². The molecule has 3 heteroatoms. The van der Waals surface area contributed by atoms with Gasteiger partial charge in [0, 0.05) is 6.04 Å². The Hall–Kier alpha value is -1.51. The minimum absolute atomic E-state index is 0.0640. The van der Waals surface area contributed by atoms with Crippen molar-refractivity contribution in [1.29, 1.82) is 0 Å². The average molecular weight is 277 g/mol. The topological polar surface area (TPSA) is 38.3 Å². The largest absolute Gasteiger partial charge is 0.484 e. The fourth-order valence-corrected chi connectivity index (χ4v) is 2.02. The molecule has 112 valence electrons. The Labute approximate surface area is 122 Å². The number of nitrogens with one attached hydrogen (secondary N) is 1. The molecule has 20 heavy (non-hydrogen) atoms. The zero-order valence-electron chi connectivity index (χ0n) is 13.3. The van der Waals surface area contributed by atoms with Crippen molar-refractivity contribution in [3.63, 3.8) is 0 Å². The van der Waals surface area contributed by atoms with Crippen molar-refractivity contribution in [1.82, 2.24) is 5.32 Å². The van der Waals surface area contributed by atoms with E-state index in [-0.39, 0.29) is 24.0 Å². The van der Waals surface area contributed by atoms with E-state index in [1.165, 1.54) is 5.56 Å². The van der Waals surface area contributed by atoms with Crippen LogP contribution in [0.25, 0.3) is 0 Å². The van der Waals surface area contributed by atoms with Gasteiger partial charge in [-0.2, -0.15) is 0 Å². The molecule has 0 aliphatic heterocycles. The normalized spacial score (nSPS) is 12.8. The summed E-state index contributed by atoms with van der Waals surface area (Å²) in [6.07, 6.45) is 2.06. The first-order valence-electron chi connectivity index (χ1n) is 7.35. The van der Waals surface area contributed by atoms with Crippen LogP contribution in [0.5, 0.6) is 5.75 Å². The Morgan fingerprint density at radius 3 is 2.35 bits per heavy atom. The van der Waals surface area contributed by atoms with Crippen LogP contribution in [0.2, 0.25) is 0 Å². The van der Waals surface area contributed by atoms with Gasteiger partial charge < -0.3 is 10.1 Å². The Kier molecular flexibility index (Phi) is 6.05. The highest BCUT2D eigenvalue weighted by atomic mass is 16.5. The van der Waals surface area contributed by atoms with Crippen molar-refractivity contribution in [3.8, 4) is 5.75 Å². The van der Waals surface area contributed by atoms with Gasteiger partial charge >= 0.3 is 0 Å². The van der Waals surface area contributed by atoms with E-state index < -0.39 is 0 Å². The zero-order valence-corrected chi connectivity index (χ0v) is 13.3. The molecule has 3 nitrogen and oxygen atoms in total. The molecule has 1 atom stereocenters. The number of benzene rings is 1. The van der Waals surface area contributed by atoms with Gasteiger partial charge in [0.2, 0.25) is 0 Å². The van der Waals surface area contributed by atoms with Crippen LogP contribution in [0.4, 0.5) is 0 Å². The van der Waals surface area contributed by atoms with Crippen molar-refractivity contribution < 1.29 is 9.53 Å². The number of hydrogen-bond donors (Lipinski definition) is 1. The van der Waals surface area contributed by atoms with E-state index in [0.29, 0.717) is 0 Å². The number of hydrogen-bond acceptors (Lipinski definition) is 2. The molecule has 0 spiro atoms. The lowest BCUT2D eigenvalue weighted by Crippen LogP contribution is -2.35. The van der Waals surface area contributed by atoms with Crippen LogP contribution in [0.15, 0.2) is 24.3 Å². The highest BCUT2D eigenvalue weighted by Crippen LogP contribution is 2.24. The molecule has 0 saturated heterocycles. The summed E-state index contributed by atoms with van der Waals surface area (Å²) in [6, 6.07) is 8.14. The van der Waals surface area contributed by atoms with Crippen LogP contribution in [-0.2, 0) is 10.2 Å². The highest BCUT2D eigenvalue weighted by molar-refractivity contribution is 5.77. The molecule has 1 rings (SSSR count). The van der Waals surface area contributed by atoms with Gasteiger partial charge in [-0.1, -0.05) is 46.2 Å². The predicted molar refractivity (Wildman–Crippen MR) is 83.1 cm³/mol. The molecule has 1 unspecified atom stereocenters. The molecule has 0 heterocycles. The van der Waals surface area contributed by atoms with Crippen molar-refractivity contribution in [2.24, 2.45) is 0 Å². The Bertz CT molecular complexity index is 418. The minimum atomic E-state index is -0.0640. The summed E-state index contributed by atoms with van der Waals surface area (Å²) in [4.78, 5) is 11.7. The number of carbonyl (C=O) groups excluding carboxylic acids is 1. The number of amides is 1. The smallest absolute Gasteiger partial charge is 0.258 e. The lowest BCUT2D eigenvalue weighted by Gasteiger charge is -2.19. The van der Waals surface area contributed by atoms with Crippen molar-refractivity contribution in [2.45, 2.75) is 58.9 Å². The maximum atomic E-state index is 11.7. The standard InChI is InChI=1S/C17H27NO2/c1-6-7-13(2)18-16(19)12-20-15-10-8-14(9-11-15)17(3,4)5/h8-11,13H,6-7,12H2,1-5H3,(H,18,19). The summed E-state index contributed by atoms with van der Waals surface area (Å²) in [5, 5.41) is 2.92. The van der Waals surface area contributed by atoms with Crippen LogP contribution in [0.3, 0.4) is 0 Å². The Morgan fingerprint density at radius 2 is 1.85 bits per heavy atom. The van der Waals surface area contributed by atoms with Gasteiger partial charge in [-0.3, -0.25) is 4.79 Å². The van der Waals surface area contributed by atoms with Gasteiger partial charge in [0.1, 0.15) is 5.75 Å². The van der Waals surface area contributed by atoms with E-state index in [4.69, 9.17) is 4.74 Å². The van der Waals surface area contributed by atoms with Crippen LogP contribution in [0.1, 0.15) is 53.0 Å². The fourth-order valence-electron chi connectivity index (χ4n) is 2.02. The van der Waals surface area contributed by atoms with E-state index >= 15 is 0 Å². The van der Waals surface area contributed by atoms with Crippen LogP contribution in [0, 0.1) is 0 Å². The van der Waals surface area contributed by atoms with E-state index in [1.807, 2.05) is 31.2 Å². The van der Waals surface area contributed by atoms with Crippen LogP contribution < -0.4 is 10.1 Å². The molecular formula is C17H27NO2. The molecule has 1 amide bonds. The highest BCUT2D eigenvalue weighted by Gasteiger charge is 2.13. The quantitative estimate of drug-likeness (QED) is 0.861. The van der Waals surface area contributed by atoms with Gasteiger partial charge in [-0.25, -0.2) is 0 Å². The first-order chi connectivity index (χ1) is 9.32. The third-order valence-corrected chi connectivity index (χ3v) is 3.22. The molecule has 0 bridgehead atoms. The van der Waals surface area contributed by atoms with E-state index in [9.17, 15) is 4.79 Å². The molecule has 0 fully saturated rings. The number of rotatable bonds is 6. The molecule has 1 aromatic rings. The summed E-state index contributed by atoms with van der Waals surface area (Å²) in [5.74, 6) is 0.669. The Balaban J connectivity index is 2.44. The average Bonchev–Trinajstić information content (AvgIpc) is 2.36. The second-order valence-electron chi connectivity index (χ2n) is 6.32. The molecule has 0 radical (unpaired) electrons. The van der Waals surface area contributed by atoms with Crippen LogP contribution in [-0.4, -0.2) is 18.6 Å². The molecule has 1 N–H and O–H groups in total. The van der Waals surface area contributed by atoms with Crippen molar-refractivity contribution in [3.05, 3.63) is 29.8 Å². The summed E-state index contributed by atoms with van der Waals surface area (Å²) in [7, 11) is 0. The summed E-state index contributed by atoms with van der Waals surface area (Å²) >= 11 is 0. The zero-order chi connectivity index (χ0) is 15.2. The van der Waals surface area contributed by atoms with Gasteiger partial charge in [0.15, 0.2) is 6.61 Å². The van der Waals surface area contributed by atoms with Gasteiger partial charge in [0.25, 0.3) is 5.91 Å². The third kappa shape index (κ3) is 5.64. The van der Waals surface area contributed by atoms with Gasteiger partial charge in [-0.15, -0.1) is 0 Å². The number of ether oxygens (including phenoxy) is 1. The number of carbonyl (C=O) groups is 1. The monoisotopic (exact) mass is 277 g/mol. The molecule has 0 aromatic heterocycles. The molecule has 0 aliphatic rings. The summed E-state index contributed by atoms with van der Waals surface area (Å²) in [5.41, 5.74) is 1.39. The van der Waals surface area contributed by atoms with Crippen molar-refractivity contribution in [2.75, 3.05) is 6.61 Å². The Morgan fingerprint density at radius 1 is 1.25 bits per heavy atom. The second-order valence-corrected chi connectivity index (χ2v) is 6.32. The lowest BCUT2D eigenvalue weighted by molar-refractivity contribution is -0.123. The third-order valence-electron chi connectivity index (χ3n) is 3.22. The van der Waals surface area contributed by atoms with Gasteiger partial charge in [0.05, 0.1) is 0 Å². The first-order valence-corrected chi connectivity index (χ1v) is 7.35. The molecule has 1 aromatic carbocycles. The molecule has 0 saturated carbocycles. The first kappa shape index (κ1) is 16.5. The summed E-state index contributed by atoms with van der Waals surface area (Å²) < 4.78 is 5.50. The summed E-state index contributed by atoms with van der Waals surface area (Å²) in [6.45, 7) is 10.7. The van der Waals surface area contributed by atoms with Crippen LogP contribution >= 0.6 is 0 Å². The minimum Gasteiger partial charge on any atom is -0.484 e.